The van der Waals surface area contributed by atoms with Gasteiger partial charge in [0.2, 0.25) is 0 Å². The number of para-hydroxylation sites is 1. The third-order valence-electron chi connectivity index (χ3n) is 2.41. The van der Waals surface area contributed by atoms with Crippen LogP contribution in [0, 0.1) is 15.9 Å². The second-order valence-electron chi connectivity index (χ2n) is 3.84. The van der Waals surface area contributed by atoms with Crippen LogP contribution in [0.25, 0.3) is 0 Å². The summed E-state index contributed by atoms with van der Waals surface area (Å²) in [5.74, 6) is -1.05. The van der Waals surface area contributed by atoms with Crippen molar-refractivity contribution >= 4 is 37.3 Å². The zero-order chi connectivity index (χ0) is 15.6. The van der Waals surface area contributed by atoms with Gasteiger partial charge in [-0.1, -0.05) is 6.07 Å². The van der Waals surface area contributed by atoms with E-state index in [2.05, 4.69) is 20.9 Å². The fraction of sp³-hybridized carbons (Fsp3) is 0. The Morgan fingerprint density at radius 1 is 1.33 bits per heavy atom. The van der Waals surface area contributed by atoms with Gasteiger partial charge in [0.1, 0.15) is 4.90 Å². The molecule has 0 saturated carbocycles. The normalized spacial score (nSPS) is 11.1. The largest absolute Gasteiger partial charge is 0.296 e. The monoisotopic (exact) mass is 375 g/mol. The SMILES string of the molecule is O=[N+]([O-])c1cccc(F)c1NS(=O)(=O)c1cncc(Br)c1. The molecule has 0 aliphatic carbocycles. The predicted octanol–water partition coefficient (Wildman–Crippen LogP) is 2.69. The van der Waals surface area contributed by atoms with Crippen LogP contribution in [-0.2, 0) is 10.0 Å². The van der Waals surface area contributed by atoms with Crippen molar-refractivity contribution in [1.29, 1.82) is 0 Å². The number of nitro benzene ring substituents is 1. The van der Waals surface area contributed by atoms with Crippen molar-refractivity contribution < 1.29 is 17.7 Å². The van der Waals surface area contributed by atoms with Crippen LogP contribution in [0.2, 0.25) is 0 Å². The number of benzene rings is 1. The number of hydrogen-bond acceptors (Lipinski definition) is 5. The molecule has 110 valence electrons. The van der Waals surface area contributed by atoms with Crippen molar-refractivity contribution in [2.75, 3.05) is 4.72 Å². The number of nitro groups is 1. The lowest BCUT2D eigenvalue weighted by molar-refractivity contribution is -0.384. The highest BCUT2D eigenvalue weighted by molar-refractivity contribution is 9.10. The Bertz CT molecular complexity index is 813. The zero-order valence-electron chi connectivity index (χ0n) is 10.2. The molecule has 21 heavy (non-hydrogen) atoms. The lowest BCUT2D eigenvalue weighted by atomic mass is 10.2. The number of nitrogens with zero attached hydrogens (tertiary/aromatic N) is 2. The molecule has 0 aliphatic rings. The fourth-order valence-corrected chi connectivity index (χ4v) is 3.09. The summed E-state index contributed by atoms with van der Waals surface area (Å²) in [6.07, 6.45) is 2.41. The van der Waals surface area contributed by atoms with Gasteiger partial charge in [-0.25, -0.2) is 12.8 Å². The van der Waals surface area contributed by atoms with E-state index in [9.17, 15) is 22.9 Å². The van der Waals surface area contributed by atoms with E-state index < -0.39 is 32.1 Å². The zero-order valence-corrected chi connectivity index (χ0v) is 12.6. The van der Waals surface area contributed by atoms with E-state index in [1.807, 2.05) is 4.72 Å². The minimum atomic E-state index is -4.20. The maximum Gasteiger partial charge on any atom is 0.296 e. The smallest absolute Gasteiger partial charge is 0.271 e. The van der Waals surface area contributed by atoms with Gasteiger partial charge in [-0.2, -0.15) is 0 Å². The highest BCUT2D eigenvalue weighted by Crippen LogP contribution is 2.29. The van der Waals surface area contributed by atoms with Gasteiger partial charge in [0, 0.05) is 22.9 Å². The number of anilines is 1. The molecule has 1 aromatic carbocycles. The van der Waals surface area contributed by atoms with Crippen LogP contribution in [0.5, 0.6) is 0 Å². The first-order valence-corrected chi connectivity index (χ1v) is 7.65. The van der Waals surface area contributed by atoms with E-state index in [1.165, 1.54) is 12.3 Å². The molecule has 0 aliphatic heterocycles. The van der Waals surface area contributed by atoms with Gasteiger partial charge < -0.3 is 0 Å². The molecule has 2 rings (SSSR count). The van der Waals surface area contributed by atoms with E-state index >= 15 is 0 Å². The number of pyridine rings is 1. The van der Waals surface area contributed by atoms with Gasteiger partial charge in [-0.05, 0) is 28.1 Å². The number of rotatable bonds is 4. The molecule has 0 atom stereocenters. The Hall–Kier alpha value is -2.07. The lowest BCUT2D eigenvalue weighted by Crippen LogP contribution is -2.15. The molecule has 0 amide bonds. The summed E-state index contributed by atoms with van der Waals surface area (Å²) < 4.78 is 40.2. The number of hydrogen-bond donors (Lipinski definition) is 1. The summed E-state index contributed by atoms with van der Waals surface area (Å²) in [5, 5.41) is 10.8. The third-order valence-corrected chi connectivity index (χ3v) is 4.17. The van der Waals surface area contributed by atoms with Crippen LogP contribution in [-0.4, -0.2) is 18.3 Å². The standard InChI is InChI=1S/C11H7BrFN3O4S/c12-7-4-8(6-14-5-7)21(19,20)15-11-9(13)2-1-3-10(11)16(17)18/h1-6,15H. The Labute approximate surface area is 127 Å². The van der Waals surface area contributed by atoms with Crippen LogP contribution >= 0.6 is 15.9 Å². The van der Waals surface area contributed by atoms with E-state index in [4.69, 9.17) is 0 Å². The first-order chi connectivity index (χ1) is 9.81. The molecule has 0 radical (unpaired) electrons. The minimum Gasteiger partial charge on any atom is -0.271 e. The first kappa shape index (κ1) is 15.3. The van der Waals surface area contributed by atoms with Gasteiger partial charge >= 0.3 is 0 Å². The summed E-state index contributed by atoms with van der Waals surface area (Å²) in [4.78, 5) is 13.4. The number of sulfonamides is 1. The molecule has 0 saturated heterocycles. The number of nitrogens with one attached hydrogen (secondary N) is 1. The molecule has 10 heteroatoms. The molecular formula is C11H7BrFN3O4S. The van der Waals surface area contributed by atoms with Crippen molar-refractivity contribution in [1.82, 2.24) is 4.98 Å². The number of halogens is 2. The average molecular weight is 376 g/mol. The summed E-state index contributed by atoms with van der Waals surface area (Å²) in [6, 6.07) is 4.28. The molecule has 1 aromatic heterocycles. The molecule has 7 nitrogen and oxygen atoms in total. The maximum atomic E-state index is 13.7. The highest BCUT2D eigenvalue weighted by Gasteiger charge is 2.24. The summed E-state index contributed by atoms with van der Waals surface area (Å²) >= 11 is 3.06. The lowest BCUT2D eigenvalue weighted by Gasteiger charge is -2.09. The fourth-order valence-electron chi connectivity index (χ4n) is 1.50. The van der Waals surface area contributed by atoms with Crippen molar-refractivity contribution in [3.05, 3.63) is 57.1 Å². The van der Waals surface area contributed by atoms with Crippen molar-refractivity contribution in [3.8, 4) is 0 Å². The van der Waals surface area contributed by atoms with Gasteiger partial charge in [0.25, 0.3) is 15.7 Å². The number of aromatic nitrogens is 1. The topological polar surface area (TPSA) is 102 Å². The average Bonchev–Trinajstić information content (AvgIpc) is 2.40. The van der Waals surface area contributed by atoms with Crippen LogP contribution in [0.15, 0.2) is 46.0 Å². The highest BCUT2D eigenvalue weighted by atomic mass is 79.9. The van der Waals surface area contributed by atoms with E-state index in [0.29, 0.717) is 4.47 Å². The van der Waals surface area contributed by atoms with Crippen LogP contribution in [0.4, 0.5) is 15.8 Å². The van der Waals surface area contributed by atoms with Crippen molar-refractivity contribution in [3.63, 3.8) is 0 Å². The molecule has 1 N–H and O–H groups in total. The van der Waals surface area contributed by atoms with E-state index in [1.54, 1.807) is 0 Å². The van der Waals surface area contributed by atoms with Gasteiger partial charge in [0.15, 0.2) is 11.5 Å². The Morgan fingerprint density at radius 3 is 2.67 bits per heavy atom. The summed E-state index contributed by atoms with van der Waals surface area (Å²) in [6.45, 7) is 0. The molecule has 0 bridgehead atoms. The van der Waals surface area contributed by atoms with E-state index in [0.717, 1.165) is 24.4 Å². The second kappa shape index (κ2) is 5.74. The minimum absolute atomic E-state index is 0.255. The van der Waals surface area contributed by atoms with Crippen molar-refractivity contribution in [2.45, 2.75) is 4.90 Å². The molecule has 1 heterocycles. The van der Waals surface area contributed by atoms with Gasteiger partial charge in [-0.3, -0.25) is 19.8 Å². The Balaban J connectivity index is 2.49. The maximum absolute atomic E-state index is 13.7. The second-order valence-corrected chi connectivity index (χ2v) is 6.43. The van der Waals surface area contributed by atoms with Gasteiger partial charge in [0.05, 0.1) is 4.92 Å². The van der Waals surface area contributed by atoms with Gasteiger partial charge in [-0.15, -0.1) is 0 Å². The van der Waals surface area contributed by atoms with Crippen LogP contribution in [0.1, 0.15) is 0 Å². The van der Waals surface area contributed by atoms with Crippen molar-refractivity contribution in [2.24, 2.45) is 0 Å². The van der Waals surface area contributed by atoms with Crippen LogP contribution in [0.3, 0.4) is 0 Å². The summed E-state index contributed by atoms with van der Waals surface area (Å²) in [5.41, 5.74) is -1.40. The molecule has 0 unspecified atom stereocenters. The molecule has 0 fully saturated rings. The first-order valence-electron chi connectivity index (χ1n) is 5.37. The summed E-state index contributed by atoms with van der Waals surface area (Å²) in [7, 11) is -4.20. The molecule has 0 spiro atoms. The van der Waals surface area contributed by atoms with E-state index in [-0.39, 0.29) is 4.90 Å². The Morgan fingerprint density at radius 2 is 2.05 bits per heavy atom. The third kappa shape index (κ3) is 3.34. The molecule has 2 aromatic rings. The predicted molar refractivity (Wildman–Crippen MR) is 75.8 cm³/mol. The van der Waals surface area contributed by atoms with Crippen LogP contribution < -0.4 is 4.72 Å². The molecular weight excluding hydrogens is 369 g/mol. The Kier molecular flexibility index (Phi) is 4.19. The quantitative estimate of drug-likeness (QED) is 0.653.